The first kappa shape index (κ1) is 9.97. The topological polar surface area (TPSA) is 86.3 Å². The lowest BCUT2D eigenvalue weighted by molar-refractivity contribution is -0.117. The summed E-state index contributed by atoms with van der Waals surface area (Å²) in [5.74, 6) is -0.748. The maximum absolute atomic E-state index is 11.4. The molecule has 2 heterocycles. The molecule has 0 aromatic carbocycles. The Labute approximate surface area is 89.5 Å². The summed E-state index contributed by atoms with van der Waals surface area (Å²) in [5, 5.41) is 9.05. The van der Waals surface area contributed by atoms with Gasteiger partial charge in [0.05, 0.1) is 11.7 Å². The van der Waals surface area contributed by atoms with Crippen LogP contribution in [0.4, 0.5) is 5.69 Å². The lowest BCUT2D eigenvalue weighted by Gasteiger charge is -2.14. The molecule has 1 aromatic rings. The van der Waals surface area contributed by atoms with Crippen molar-refractivity contribution in [3.05, 3.63) is 16.7 Å². The number of aromatic hydroxyl groups is 1. The minimum absolute atomic E-state index is 0.134. The molecule has 80 valence electrons. The zero-order valence-corrected chi connectivity index (χ0v) is 8.36. The molecule has 0 radical (unpaired) electrons. The van der Waals surface area contributed by atoms with Gasteiger partial charge in [-0.1, -0.05) is 0 Å². The second-order valence-electron chi connectivity index (χ2n) is 3.21. The number of carbonyl (C=O) groups excluding carboxylic acids is 1. The van der Waals surface area contributed by atoms with E-state index in [4.69, 9.17) is 11.6 Å². The van der Waals surface area contributed by atoms with Crippen LogP contribution in [0.25, 0.3) is 0 Å². The molecule has 1 atom stereocenters. The van der Waals surface area contributed by atoms with Crippen molar-refractivity contribution in [2.75, 3.05) is 11.4 Å². The highest BCUT2D eigenvalue weighted by Gasteiger charge is 2.32. The van der Waals surface area contributed by atoms with Gasteiger partial charge in [0.2, 0.25) is 11.8 Å². The Hall–Kier alpha value is -1.56. The third-order valence-electron chi connectivity index (χ3n) is 2.16. The van der Waals surface area contributed by atoms with E-state index in [1.165, 1.54) is 0 Å². The van der Waals surface area contributed by atoms with Gasteiger partial charge in [0, 0.05) is 13.0 Å². The third-order valence-corrected chi connectivity index (χ3v) is 2.45. The second-order valence-corrected chi connectivity index (χ2v) is 3.83. The molecule has 2 rings (SSSR count). The van der Waals surface area contributed by atoms with Crippen LogP contribution in [-0.2, 0) is 4.79 Å². The maximum atomic E-state index is 11.4. The normalized spacial score (nSPS) is 21.0. The van der Waals surface area contributed by atoms with Gasteiger partial charge in [-0.2, -0.15) is 0 Å². The molecule has 7 heteroatoms. The molecule has 2 N–H and O–H groups in total. The van der Waals surface area contributed by atoms with E-state index in [1.54, 1.807) is 0 Å². The average Bonchev–Trinajstić information content (AvgIpc) is 2.45. The highest BCUT2D eigenvalue weighted by Crippen LogP contribution is 2.26. The van der Waals surface area contributed by atoms with Gasteiger partial charge in [0.1, 0.15) is 0 Å². The van der Waals surface area contributed by atoms with E-state index in [-0.39, 0.29) is 29.9 Å². The van der Waals surface area contributed by atoms with Gasteiger partial charge in [-0.15, -0.1) is 11.6 Å². The molecule has 1 aliphatic rings. The van der Waals surface area contributed by atoms with Crippen LogP contribution >= 0.6 is 11.6 Å². The number of aromatic amines is 1. The summed E-state index contributed by atoms with van der Waals surface area (Å²) < 4.78 is 0. The van der Waals surface area contributed by atoms with Crippen molar-refractivity contribution in [2.24, 2.45) is 0 Å². The zero-order chi connectivity index (χ0) is 11.0. The monoisotopic (exact) mass is 229 g/mol. The van der Waals surface area contributed by atoms with E-state index in [0.29, 0.717) is 0 Å². The van der Waals surface area contributed by atoms with Crippen LogP contribution in [0.3, 0.4) is 0 Å². The van der Waals surface area contributed by atoms with Crippen LogP contribution in [0.5, 0.6) is 5.88 Å². The number of nitrogens with one attached hydrogen (secondary N) is 1. The molecule has 1 amide bonds. The number of hydrogen-bond acceptors (Lipinski definition) is 4. The minimum Gasteiger partial charge on any atom is -0.492 e. The predicted molar refractivity (Wildman–Crippen MR) is 53.1 cm³/mol. The van der Waals surface area contributed by atoms with E-state index >= 15 is 0 Å². The lowest BCUT2D eigenvalue weighted by Crippen LogP contribution is -2.30. The standard InChI is InChI=1S/C8H8ClN3O3/c9-4-1-5(13)12(2-4)6-7(14)10-3-11-8(6)15/h3-4H,1-2H2,(H2,10,11,14,15). The molecule has 1 aromatic heterocycles. The Morgan fingerprint density at radius 3 is 2.87 bits per heavy atom. The Bertz CT molecular complexity index is 459. The quantitative estimate of drug-likeness (QED) is 0.654. The fraction of sp³-hybridized carbons (Fsp3) is 0.375. The van der Waals surface area contributed by atoms with Crippen LogP contribution in [-0.4, -0.2) is 32.9 Å². The number of H-pyrrole nitrogens is 1. The van der Waals surface area contributed by atoms with E-state index in [1.807, 2.05) is 0 Å². The molecular weight excluding hydrogens is 222 g/mol. The minimum atomic E-state index is -0.554. The molecule has 1 fully saturated rings. The zero-order valence-electron chi connectivity index (χ0n) is 7.61. The summed E-state index contributed by atoms with van der Waals surface area (Å²) in [6, 6.07) is 0. The third kappa shape index (κ3) is 1.68. The summed E-state index contributed by atoms with van der Waals surface area (Å²) in [6.45, 7) is 0.211. The van der Waals surface area contributed by atoms with Gasteiger partial charge in [-0.05, 0) is 0 Å². The lowest BCUT2D eigenvalue weighted by atomic mass is 10.4. The Morgan fingerprint density at radius 1 is 1.60 bits per heavy atom. The number of rotatable bonds is 1. The van der Waals surface area contributed by atoms with Gasteiger partial charge in [0.15, 0.2) is 5.69 Å². The number of aromatic nitrogens is 2. The first-order valence-corrected chi connectivity index (χ1v) is 4.74. The number of carbonyl (C=O) groups is 1. The summed E-state index contributed by atoms with van der Waals surface area (Å²) in [6.07, 6.45) is 1.23. The van der Waals surface area contributed by atoms with Crippen molar-refractivity contribution < 1.29 is 9.90 Å². The van der Waals surface area contributed by atoms with Crippen molar-refractivity contribution in [3.8, 4) is 5.88 Å². The van der Waals surface area contributed by atoms with E-state index in [2.05, 4.69) is 9.97 Å². The molecule has 0 saturated carbocycles. The number of nitrogens with zero attached hydrogens (tertiary/aromatic N) is 2. The fourth-order valence-corrected chi connectivity index (χ4v) is 1.78. The highest BCUT2D eigenvalue weighted by molar-refractivity contribution is 6.24. The first-order valence-electron chi connectivity index (χ1n) is 4.30. The molecule has 1 unspecified atom stereocenters. The average molecular weight is 230 g/mol. The predicted octanol–water partition coefficient (Wildman–Crippen LogP) is -0.180. The molecule has 0 spiro atoms. The Kier molecular flexibility index (Phi) is 2.36. The summed E-state index contributed by atoms with van der Waals surface area (Å²) >= 11 is 5.78. The van der Waals surface area contributed by atoms with Crippen LogP contribution in [0.15, 0.2) is 11.1 Å². The molecule has 1 saturated heterocycles. The van der Waals surface area contributed by atoms with Gasteiger partial charge >= 0.3 is 0 Å². The summed E-state index contributed by atoms with van der Waals surface area (Å²) in [4.78, 5) is 29.8. The Morgan fingerprint density at radius 2 is 2.33 bits per heavy atom. The van der Waals surface area contributed by atoms with Crippen molar-refractivity contribution in [2.45, 2.75) is 11.8 Å². The maximum Gasteiger partial charge on any atom is 0.278 e. The molecular formula is C8H8ClN3O3. The van der Waals surface area contributed by atoms with Crippen molar-refractivity contribution in [1.82, 2.24) is 9.97 Å². The van der Waals surface area contributed by atoms with Crippen LogP contribution in [0.2, 0.25) is 0 Å². The number of halogens is 1. The van der Waals surface area contributed by atoms with Gasteiger partial charge < -0.3 is 15.0 Å². The number of hydrogen-bond donors (Lipinski definition) is 2. The van der Waals surface area contributed by atoms with Gasteiger partial charge in [0.25, 0.3) is 5.56 Å². The van der Waals surface area contributed by atoms with Crippen molar-refractivity contribution in [1.29, 1.82) is 0 Å². The molecule has 0 bridgehead atoms. The van der Waals surface area contributed by atoms with Gasteiger partial charge in [-0.25, -0.2) is 4.98 Å². The van der Waals surface area contributed by atoms with Gasteiger partial charge in [-0.3, -0.25) is 9.59 Å². The van der Waals surface area contributed by atoms with E-state index < -0.39 is 11.4 Å². The largest absolute Gasteiger partial charge is 0.492 e. The molecule has 15 heavy (non-hydrogen) atoms. The second kappa shape index (κ2) is 3.54. The van der Waals surface area contributed by atoms with Crippen LogP contribution < -0.4 is 10.5 Å². The van der Waals surface area contributed by atoms with Crippen LogP contribution in [0, 0.1) is 0 Å². The molecule has 0 aliphatic carbocycles. The molecule has 1 aliphatic heterocycles. The Balaban J connectivity index is 2.46. The number of amides is 1. The van der Waals surface area contributed by atoms with Crippen molar-refractivity contribution in [3.63, 3.8) is 0 Å². The van der Waals surface area contributed by atoms with E-state index in [0.717, 1.165) is 11.2 Å². The number of anilines is 1. The summed E-state index contributed by atoms with van der Waals surface area (Å²) in [7, 11) is 0. The smallest absolute Gasteiger partial charge is 0.278 e. The SMILES string of the molecule is O=C1CC(Cl)CN1c1c(O)nc[nH]c1=O. The van der Waals surface area contributed by atoms with Crippen LogP contribution in [0.1, 0.15) is 6.42 Å². The number of alkyl halides is 1. The van der Waals surface area contributed by atoms with E-state index in [9.17, 15) is 14.7 Å². The highest BCUT2D eigenvalue weighted by atomic mass is 35.5. The first-order chi connectivity index (χ1) is 7.09. The fourth-order valence-electron chi connectivity index (χ4n) is 1.51. The molecule has 6 nitrogen and oxygen atoms in total. The van der Waals surface area contributed by atoms with Crippen molar-refractivity contribution >= 4 is 23.2 Å². The summed E-state index contributed by atoms with van der Waals surface area (Å²) in [5.41, 5.74) is -0.688.